The van der Waals surface area contributed by atoms with Crippen molar-refractivity contribution in [2.45, 2.75) is 0 Å². The van der Waals surface area contributed by atoms with E-state index in [1.807, 2.05) is 12.1 Å². The van der Waals surface area contributed by atoms with E-state index in [2.05, 4.69) is 20.1 Å². The first-order valence-corrected chi connectivity index (χ1v) is 5.41. The number of pyridine rings is 1. The van der Waals surface area contributed by atoms with Crippen LogP contribution in [0.15, 0.2) is 43.1 Å². The number of imidazole rings is 1. The first-order valence-electron chi connectivity index (χ1n) is 5.41. The predicted octanol–water partition coefficient (Wildman–Crippen LogP) is 1.67. The van der Waals surface area contributed by atoms with Gasteiger partial charge in [0.25, 0.3) is 0 Å². The maximum absolute atomic E-state index is 5.03. The molecule has 3 aromatic rings. The first-order chi connectivity index (χ1) is 8.88. The zero-order valence-electron chi connectivity index (χ0n) is 9.74. The molecule has 3 aromatic heterocycles. The van der Waals surface area contributed by atoms with Gasteiger partial charge in [0.15, 0.2) is 0 Å². The number of ether oxygens (including phenoxy) is 1. The van der Waals surface area contributed by atoms with Crippen LogP contribution in [0.4, 0.5) is 0 Å². The molecule has 0 saturated carbocycles. The summed E-state index contributed by atoms with van der Waals surface area (Å²) < 4.78 is 6.82. The normalized spacial score (nSPS) is 10.5. The molecule has 90 valence electrons. The van der Waals surface area contributed by atoms with E-state index in [1.165, 1.54) is 0 Å². The lowest BCUT2D eigenvalue weighted by molar-refractivity contribution is 0.397. The summed E-state index contributed by atoms with van der Waals surface area (Å²) in [5.41, 5.74) is 2.70. The highest BCUT2D eigenvalue weighted by molar-refractivity contribution is 5.56. The van der Waals surface area contributed by atoms with Crippen LogP contribution in [0, 0.1) is 0 Å². The third-order valence-electron chi connectivity index (χ3n) is 2.59. The van der Waals surface area contributed by atoms with Gasteiger partial charge in [-0.25, -0.2) is 14.6 Å². The summed E-state index contributed by atoms with van der Waals surface area (Å²) in [5.74, 6) is 0.578. The van der Waals surface area contributed by atoms with Crippen molar-refractivity contribution in [1.82, 2.24) is 24.7 Å². The highest BCUT2D eigenvalue weighted by Crippen LogP contribution is 2.20. The van der Waals surface area contributed by atoms with Gasteiger partial charge in [0.1, 0.15) is 0 Å². The molecule has 0 saturated heterocycles. The number of aromatic amines is 1. The van der Waals surface area contributed by atoms with Crippen LogP contribution < -0.4 is 4.74 Å². The van der Waals surface area contributed by atoms with Gasteiger partial charge in [0.2, 0.25) is 5.88 Å². The van der Waals surface area contributed by atoms with Crippen molar-refractivity contribution in [2.24, 2.45) is 0 Å². The number of nitrogens with zero attached hydrogens (tertiary/aromatic N) is 4. The van der Waals surface area contributed by atoms with Crippen LogP contribution in [0.25, 0.3) is 17.1 Å². The van der Waals surface area contributed by atoms with Crippen molar-refractivity contribution in [3.05, 3.63) is 43.1 Å². The maximum Gasteiger partial charge on any atom is 0.213 e. The Balaban J connectivity index is 2.04. The van der Waals surface area contributed by atoms with E-state index in [-0.39, 0.29) is 0 Å². The fourth-order valence-electron chi connectivity index (χ4n) is 1.73. The second kappa shape index (κ2) is 4.33. The number of methoxy groups -OCH3 is 1. The zero-order valence-corrected chi connectivity index (χ0v) is 9.74. The molecular formula is C12H11N5O. The number of aromatic nitrogens is 5. The van der Waals surface area contributed by atoms with Gasteiger partial charge in [-0.3, -0.25) is 0 Å². The van der Waals surface area contributed by atoms with E-state index >= 15 is 0 Å². The average molecular weight is 241 g/mol. The van der Waals surface area contributed by atoms with Gasteiger partial charge in [-0.2, -0.15) is 5.10 Å². The molecule has 0 aliphatic heterocycles. The van der Waals surface area contributed by atoms with Crippen LogP contribution in [-0.4, -0.2) is 31.8 Å². The fourth-order valence-corrected chi connectivity index (χ4v) is 1.73. The number of nitrogens with one attached hydrogen (secondary N) is 1. The number of H-pyrrole nitrogens is 1. The molecule has 0 amide bonds. The molecule has 0 atom stereocenters. The Hall–Kier alpha value is -2.63. The van der Waals surface area contributed by atoms with Gasteiger partial charge in [0.05, 0.1) is 49.1 Å². The third kappa shape index (κ3) is 1.73. The summed E-state index contributed by atoms with van der Waals surface area (Å²) in [6, 6.07) is 5.62. The van der Waals surface area contributed by atoms with Crippen LogP contribution in [0.1, 0.15) is 0 Å². The second-order valence-corrected chi connectivity index (χ2v) is 3.65. The summed E-state index contributed by atoms with van der Waals surface area (Å²) in [7, 11) is 1.59. The van der Waals surface area contributed by atoms with Crippen LogP contribution >= 0.6 is 0 Å². The Bertz CT molecular complexity index is 627. The Labute approximate surface area is 103 Å². The van der Waals surface area contributed by atoms with Crippen LogP contribution in [0.5, 0.6) is 5.88 Å². The van der Waals surface area contributed by atoms with Gasteiger partial charge < -0.3 is 9.72 Å². The minimum absolute atomic E-state index is 0.578. The Kier molecular flexibility index (Phi) is 2.53. The van der Waals surface area contributed by atoms with Crippen LogP contribution in [0.3, 0.4) is 0 Å². The lowest BCUT2D eigenvalue weighted by atomic mass is 10.3. The smallest absolute Gasteiger partial charge is 0.213 e. The molecule has 0 aromatic carbocycles. The standard InChI is InChI=1S/C12H11N5O/c1-18-12-3-2-9(6-14-12)17-11(4-5-16-17)10-7-13-8-15-10/h2-8H,1H3,(H,13,15). The van der Waals surface area contributed by atoms with E-state index in [0.29, 0.717) is 5.88 Å². The molecule has 0 fully saturated rings. The van der Waals surface area contributed by atoms with Crippen molar-refractivity contribution >= 4 is 0 Å². The van der Waals surface area contributed by atoms with Crippen molar-refractivity contribution in [3.63, 3.8) is 0 Å². The Morgan fingerprint density at radius 1 is 1.22 bits per heavy atom. The quantitative estimate of drug-likeness (QED) is 0.757. The summed E-state index contributed by atoms with van der Waals surface area (Å²) in [6.07, 6.45) is 6.84. The molecule has 6 nitrogen and oxygen atoms in total. The molecule has 0 spiro atoms. The van der Waals surface area contributed by atoms with Gasteiger partial charge in [0, 0.05) is 6.07 Å². The summed E-state index contributed by atoms with van der Waals surface area (Å²) in [5, 5.41) is 4.29. The minimum Gasteiger partial charge on any atom is -0.481 e. The molecule has 18 heavy (non-hydrogen) atoms. The lowest BCUT2D eigenvalue weighted by Crippen LogP contribution is -2.00. The molecule has 3 heterocycles. The summed E-state index contributed by atoms with van der Waals surface area (Å²) >= 11 is 0. The zero-order chi connectivity index (χ0) is 12.4. The van der Waals surface area contributed by atoms with Crippen molar-refractivity contribution in [2.75, 3.05) is 7.11 Å². The number of hydrogen-bond acceptors (Lipinski definition) is 4. The van der Waals surface area contributed by atoms with E-state index in [1.54, 1.807) is 42.8 Å². The minimum atomic E-state index is 0.578. The van der Waals surface area contributed by atoms with Gasteiger partial charge >= 0.3 is 0 Å². The molecular weight excluding hydrogens is 230 g/mol. The molecule has 0 radical (unpaired) electrons. The lowest BCUT2D eigenvalue weighted by Gasteiger charge is -2.06. The fraction of sp³-hybridized carbons (Fsp3) is 0.0833. The maximum atomic E-state index is 5.03. The SMILES string of the molecule is COc1ccc(-n2nccc2-c2cnc[nH]2)cn1. The molecule has 0 bridgehead atoms. The first kappa shape index (κ1) is 10.5. The monoisotopic (exact) mass is 241 g/mol. The Morgan fingerprint density at radius 2 is 2.17 bits per heavy atom. The largest absolute Gasteiger partial charge is 0.481 e. The molecule has 1 N–H and O–H groups in total. The van der Waals surface area contributed by atoms with E-state index < -0.39 is 0 Å². The molecule has 6 heteroatoms. The van der Waals surface area contributed by atoms with E-state index in [4.69, 9.17) is 4.74 Å². The third-order valence-corrected chi connectivity index (χ3v) is 2.59. The van der Waals surface area contributed by atoms with Gasteiger partial charge in [-0.05, 0) is 12.1 Å². The van der Waals surface area contributed by atoms with Crippen molar-refractivity contribution in [3.8, 4) is 23.0 Å². The molecule has 3 rings (SSSR count). The Morgan fingerprint density at radius 3 is 2.83 bits per heavy atom. The topological polar surface area (TPSA) is 68.6 Å². The average Bonchev–Trinajstić information content (AvgIpc) is 3.09. The van der Waals surface area contributed by atoms with Gasteiger partial charge in [-0.15, -0.1) is 0 Å². The van der Waals surface area contributed by atoms with Crippen LogP contribution in [0.2, 0.25) is 0 Å². The number of hydrogen-bond donors (Lipinski definition) is 1. The molecule has 0 aliphatic rings. The predicted molar refractivity (Wildman–Crippen MR) is 65.5 cm³/mol. The second-order valence-electron chi connectivity index (χ2n) is 3.65. The summed E-state index contributed by atoms with van der Waals surface area (Å²) in [6.45, 7) is 0. The van der Waals surface area contributed by atoms with Crippen molar-refractivity contribution in [1.29, 1.82) is 0 Å². The number of rotatable bonds is 3. The van der Waals surface area contributed by atoms with E-state index in [0.717, 1.165) is 17.1 Å². The molecule has 0 unspecified atom stereocenters. The van der Waals surface area contributed by atoms with Crippen molar-refractivity contribution < 1.29 is 4.74 Å². The highest BCUT2D eigenvalue weighted by Gasteiger charge is 2.08. The molecule has 0 aliphatic carbocycles. The van der Waals surface area contributed by atoms with E-state index in [9.17, 15) is 0 Å². The summed E-state index contributed by atoms with van der Waals surface area (Å²) in [4.78, 5) is 11.2. The van der Waals surface area contributed by atoms with Gasteiger partial charge in [-0.1, -0.05) is 0 Å². The van der Waals surface area contributed by atoms with Crippen LogP contribution in [-0.2, 0) is 0 Å². The highest BCUT2D eigenvalue weighted by atomic mass is 16.5.